The van der Waals surface area contributed by atoms with Crippen molar-refractivity contribution < 1.29 is 0 Å². The number of hydrogen-bond acceptors (Lipinski definition) is 2. The van der Waals surface area contributed by atoms with Crippen LogP contribution in [0, 0.1) is 0 Å². The average molecular weight is 347 g/mol. The molecule has 0 radical (unpaired) electrons. The molecule has 0 N–H and O–H groups in total. The van der Waals surface area contributed by atoms with Gasteiger partial charge in [-0.1, -0.05) is 73.8 Å². The van der Waals surface area contributed by atoms with Gasteiger partial charge >= 0.3 is 0 Å². The van der Waals surface area contributed by atoms with Crippen molar-refractivity contribution in [2.45, 2.75) is 39.0 Å². The van der Waals surface area contributed by atoms with Crippen molar-refractivity contribution in [1.29, 1.82) is 0 Å². The predicted octanol–water partition coefficient (Wildman–Crippen LogP) is 5.07. The minimum atomic E-state index is 0.543. The van der Waals surface area contributed by atoms with Gasteiger partial charge in [0.05, 0.1) is 0 Å². The highest BCUT2D eigenvalue weighted by atomic mass is 15.3. The molecule has 136 valence electrons. The largest absolute Gasteiger partial charge is 0.294 e. The third kappa shape index (κ3) is 4.51. The SMILES string of the molecule is C=Cc1cccc(CN2CC(C)N(Cc3cccc(C=C)c3)CC2C)c1. The van der Waals surface area contributed by atoms with E-state index in [1.54, 1.807) is 0 Å². The van der Waals surface area contributed by atoms with Crippen molar-refractivity contribution in [3.63, 3.8) is 0 Å². The van der Waals surface area contributed by atoms with Gasteiger partial charge in [-0.15, -0.1) is 0 Å². The van der Waals surface area contributed by atoms with Crippen LogP contribution >= 0.6 is 0 Å². The second kappa shape index (κ2) is 8.48. The van der Waals surface area contributed by atoms with Crippen molar-refractivity contribution in [2.24, 2.45) is 0 Å². The first-order chi connectivity index (χ1) is 12.6. The highest BCUT2D eigenvalue weighted by molar-refractivity contribution is 5.48. The van der Waals surface area contributed by atoms with Crippen LogP contribution in [0.1, 0.15) is 36.1 Å². The van der Waals surface area contributed by atoms with Gasteiger partial charge in [-0.3, -0.25) is 9.80 Å². The van der Waals surface area contributed by atoms with Gasteiger partial charge in [0.1, 0.15) is 0 Å². The van der Waals surface area contributed by atoms with Crippen LogP contribution in [0.4, 0.5) is 0 Å². The van der Waals surface area contributed by atoms with Crippen LogP contribution in [0.15, 0.2) is 61.7 Å². The van der Waals surface area contributed by atoms with Crippen LogP contribution in [0.25, 0.3) is 12.2 Å². The molecule has 1 aliphatic heterocycles. The van der Waals surface area contributed by atoms with E-state index in [-0.39, 0.29) is 0 Å². The van der Waals surface area contributed by atoms with Crippen molar-refractivity contribution in [3.8, 4) is 0 Å². The molecule has 3 rings (SSSR count). The van der Waals surface area contributed by atoms with E-state index in [2.05, 4.69) is 85.3 Å². The number of rotatable bonds is 6. The fourth-order valence-electron chi connectivity index (χ4n) is 3.82. The van der Waals surface area contributed by atoms with Crippen LogP contribution < -0.4 is 0 Å². The van der Waals surface area contributed by atoms with E-state index in [4.69, 9.17) is 0 Å². The van der Waals surface area contributed by atoms with Crippen LogP contribution in [-0.2, 0) is 13.1 Å². The zero-order valence-electron chi connectivity index (χ0n) is 16.1. The summed E-state index contributed by atoms with van der Waals surface area (Å²) in [5, 5.41) is 0. The molecule has 1 fully saturated rings. The monoisotopic (exact) mass is 346 g/mol. The average Bonchev–Trinajstić information content (AvgIpc) is 2.66. The van der Waals surface area contributed by atoms with E-state index in [0.29, 0.717) is 12.1 Å². The van der Waals surface area contributed by atoms with Crippen molar-refractivity contribution >= 4 is 12.2 Å². The number of hydrogen-bond donors (Lipinski definition) is 0. The molecule has 0 spiro atoms. The molecular weight excluding hydrogens is 316 g/mol. The lowest BCUT2D eigenvalue weighted by molar-refractivity contribution is 0.0328. The molecular formula is C24H30N2. The molecule has 2 aromatic rings. The number of benzene rings is 2. The molecule has 1 saturated heterocycles. The standard InChI is InChI=1S/C24H30N2/c1-5-21-9-7-11-23(13-21)17-25-15-20(4)26(16-19(25)3)18-24-12-8-10-22(6-2)14-24/h5-14,19-20H,1-2,15-18H2,3-4H3. The summed E-state index contributed by atoms with van der Waals surface area (Å²) in [6.07, 6.45) is 3.84. The molecule has 2 atom stereocenters. The summed E-state index contributed by atoms with van der Waals surface area (Å²) in [5.74, 6) is 0. The summed E-state index contributed by atoms with van der Waals surface area (Å²) in [5.41, 5.74) is 5.13. The van der Waals surface area contributed by atoms with E-state index in [1.165, 1.54) is 22.3 Å². The lowest BCUT2D eigenvalue weighted by Crippen LogP contribution is -2.55. The van der Waals surface area contributed by atoms with Crippen LogP contribution in [0.3, 0.4) is 0 Å². The van der Waals surface area contributed by atoms with Gasteiger partial charge in [0.15, 0.2) is 0 Å². The summed E-state index contributed by atoms with van der Waals surface area (Å²) in [7, 11) is 0. The summed E-state index contributed by atoms with van der Waals surface area (Å²) < 4.78 is 0. The van der Waals surface area contributed by atoms with Gasteiger partial charge in [-0.25, -0.2) is 0 Å². The Morgan fingerprint density at radius 1 is 0.808 bits per heavy atom. The zero-order chi connectivity index (χ0) is 18.5. The Hall–Kier alpha value is -2.16. The van der Waals surface area contributed by atoms with Crippen molar-refractivity contribution in [3.05, 3.63) is 83.9 Å². The summed E-state index contributed by atoms with van der Waals surface area (Å²) in [6, 6.07) is 18.5. The predicted molar refractivity (Wildman–Crippen MR) is 113 cm³/mol. The molecule has 26 heavy (non-hydrogen) atoms. The van der Waals surface area contributed by atoms with Gasteiger partial charge < -0.3 is 0 Å². The zero-order valence-corrected chi connectivity index (χ0v) is 16.1. The highest BCUT2D eigenvalue weighted by Gasteiger charge is 2.28. The quantitative estimate of drug-likeness (QED) is 0.721. The van der Waals surface area contributed by atoms with Gasteiger partial charge in [0.2, 0.25) is 0 Å². The van der Waals surface area contributed by atoms with Gasteiger partial charge in [-0.2, -0.15) is 0 Å². The van der Waals surface area contributed by atoms with Crippen molar-refractivity contribution in [2.75, 3.05) is 13.1 Å². The summed E-state index contributed by atoms with van der Waals surface area (Å²) in [4.78, 5) is 5.20. The Labute approximate surface area is 158 Å². The Morgan fingerprint density at radius 2 is 1.23 bits per heavy atom. The minimum Gasteiger partial charge on any atom is -0.294 e. The maximum absolute atomic E-state index is 3.88. The first kappa shape index (κ1) is 18.6. The number of piperazine rings is 1. The topological polar surface area (TPSA) is 6.48 Å². The minimum absolute atomic E-state index is 0.543. The maximum atomic E-state index is 3.88. The summed E-state index contributed by atoms with van der Waals surface area (Å²) in [6.45, 7) is 16.7. The van der Waals surface area contributed by atoms with E-state index in [9.17, 15) is 0 Å². The van der Waals surface area contributed by atoms with Gasteiger partial charge in [0.25, 0.3) is 0 Å². The van der Waals surface area contributed by atoms with Crippen LogP contribution in [0.2, 0.25) is 0 Å². The molecule has 2 unspecified atom stereocenters. The van der Waals surface area contributed by atoms with Gasteiger partial charge in [-0.05, 0) is 36.1 Å². The first-order valence-corrected chi connectivity index (χ1v) is 9.50. The molecule has 1 aliphatic rings. The second-order valence-electron chi connectivity index (χ2n) is 7.46. The lowest BCUT2D eigenvalue weighted by Gasteiger charge is -2.44. The van der Waals surface area contributed by atoms with Crippen molar-refractivity contribution in [1.82, 2.24) is 9.80 Å². The fraction of sp³-hybridized carbons (Fsp3) is 0.333. The van der Waals surface area contributed by atoms with Crippen LogP contribution in [-0.4, -0.2) is 35.0 Å². The molecule has 1 heterocycles. The molecule has 2 heteroatoms. The normalized spacial score (nSPS) is 21.5. The molecule has 2 nitrogen and oxygen atoms in total. The third-order valence-corrected chi connectivity index (χ3v) is 5.39. The van der Waals surface area contributed by atoms with E-state index >= 15 is 0 Å². The number of nitrogens with zero attached hydrogens (tertiary/aromatic N) is 2. The molecule has 0 aromatic heterocycles. The maximum Gasteiger partial charge on any atom is 0.0237 e. The molecule has 2 aromatic carbocycles. The van der Waals surface area contributed by atoms with E-state index in [0.717, 1.165) is 26.2 Å². The Balaban J connectivity index is 1.64. The van der Waals surface area contributed by atoms with E-state index < -0.39 is 0 Å². The Kier molecular flexibility index (Phi) is 6.08. The van der Waals surface area contributed by atoms with Gasteiger partial charge in [0, 0.05) is 38.3 Å². The fourth-order valence-corrected chi connectivity index (χ4v) is 3.82. The summed E-state index contributed by atoms with van der Waals surface area (Å²) >= 11 is 0. The van der Waals surface area contributed by atoms with Crippen LogP contribution in [0.5, 0.6) is 0 Å². The lowest BCUT2D eigenvalue weighted by atomic mass is 10.0. The molecule has 0 amide bonds. The first-order valence-electron chi connectivity index (χ1n) is 9.50. The third-order valence-electron chi connectivity index (χ3n) is 5.39. The second-order valence-corrected chi connectivity index (χ2v) is 7.46. The Bertz CT molecular complexity index is 699. The molecule has 0 bridgehead atoms. The smallest absolute Gasteiger partial charge is 0.0237 e. The Morgan fingerprint density at radius 3 is 1.62 bits per heavy atom. The highest BCUT2D eigenvalue weighted by Crippen LogP contribution is 2.21. The molecule has 0 saturated carbocycles. The molecule has 0 aliphatic carbocycles. The van der Waals surface area contributed by atoms with E-state index in [1.807, 2.05) is 12.2 Å².